The number of piperazine rings is 1. The third-order valence-corrected chi connectivity index (χ3v) is 7.04. The fraction of sp³-hybridized carbons (Fsp3) is 0.625. The van der Waals surface area contributed by atoms with Crippen molar-refractivity contribution in [2.24, 2.45) is 0 Å². The molecule has 2 aliphatic rings. The highest BCUT2D eigenvalue weighted by Crippen LogP contribution is 2.32. The molecule has 0 unspecified atom stereocenters. The van der Waals surface area contributed by atoms with Gasteiger partial charge in [0.1, 0.15) is 0 Å². The van der Waals surface area contributed by atoms with Crippen LogP contribution in [0.4, 0.5) is 0 Å². The van der Waals surface area contributed by atoms with Crippen molar-refractivity contribution >= 4 is 9.84 Å². The number of nitrogens with one attached hydrogen (secondary N) is 1. The Bertz CT molecular complexity index is 576. The molecule has 0 amide bonds. The van der Waals surface area contributed by atoms with Crippen LogP contribution in [0.2, 0.25) is 0 Å². The van der Waals surface area contributed by atoms with Gasteiger partial charge in [-0.2, -0.15) is 0 Å². The predicted molar refractivity (Wildman–Crippen MR) is 84.3 cm³/mol. The second kappa shape index (κ2) is 6.46. The minimum absolute atomic E-state index is 0.141. The highest BCUT2D eigenvalue weighted by Gasteiger charge is 2.33. The molecule has 1 saturated heterocycles. The Hall–Kier alpha value is -0.910. The summed E-state index contributed by atoms with van der Waals surface area (Å²) in [4.78, 5) is 2.98. The molecule has 1 aliphatic carbocycles. The van der Waals surface area contributed by atoms with Gasteiger partial charge in [-0.3, -0.25) is 0 Å². The number of rotatable bonds is 5. The highest BCUT2D eigenvalue weighted by molar-refractivity contribution is 7.92. The topological polar surface area (TPSA) is 49.4 Å². The SMILES string of the molecule is O=S(=O)(c1ccccc1CCN1CCNCC1)C1CCC1. The summed E-state index contributed by atoms with van der Waals surface area (Å²) in [5, 5.41) is 3.20. The lowest BCUT2D eigenvalue weighted by Gasteiger charge is -2.28. The van der Waals surface area contributed by atoms with Crippen molar-refractivity contribution in [3.05, 3.63) is 29.8 Å². The number of sulfone groups is 1. The largest absolute Gasteiger partial charge is 0.314 e. The quantitative estimate of drug-likeness (QED) is 0.895. The molecule has 1 aliphatic heterocycles. The first-order chi connectivity index (χ1) is 10.2. The molecular weight excluding hydrogens is 284 g/mol. The van der Waals surface area contributed by atoms with Crippen LogP contribution in [-0.4, -0.2) is 51.3 Å². The first kappa shape index (κ1) is 15.0. The monoisotopic (exact) mass is 308 g/mol. The Morgan fingerprint density at radius 2 is 1.86 bits per heavy atom. The van der Waals surface area contributed by atoms with Gasteiger partial charge < -0.3 is 10.2 Å². The summed E-state index contributed by atoms with van der Waals surface area (Å²) in [5.74, 6) is 0. The van der Waals surface area contributed by atoms with E-state index in [0.717, 1.165) is 64.0 Å². The van der Waals surface area contributed by atoms with Gasteiger partial charge in [0.25, 0.3) is 0 Å². The maximum atomic E-state index is 12.7. The Balaban J connectivity index is 1.73. The Morgan fingerprint density at radius 1 is 1.14 bits per heavy atom. The number of hydrogen-bond donors (Lipinski definition) is 1. The molecule has 116 valence electrons. The molecule has 4 nitrogen and oxygen atoms in total. The number of benzene rings is 1. The molecule has 0 bridgehead atoms. The molecule has 0 spiro atoms. The minimum Gasteiger partial charge on any atom is -0.314 e. The summed E-state index contributed by atoms with van der Waals surface area (Å²) in [6.45, 7) is 5.11. The van der Waals surface area contributed by atoms with Crippen molar-refractivity contribution in [1.29, 1.82) is 0 Å². The minimum atomic E-state index is -3.12. The summed E-state index contributed by atoms with van der Waals surface area (Å²) in [7, 11) is -3.12. The van der Waals surface area contributed by atoms with E-state index in [-0.39, 0.29) is 5.25 Å². The molecule has 0 atom stereocenters. The third kappa shape index (κ3) is 3.30. The van der Waals surface area contributed by atoms with Crippen LogP contribution in [0, 0.1) is 0 Å². The van der Waals surface area contributed by atoms with Crippen LogP contribution in [0.3, 0.4) is 0 Å². The van der Waals surface area contributed by atoms with Crippen LogP contribution in [0.25, 0.3) is 0 Å². The summed E-state index contributed by atoms with van der Waals surface area (Å²) in [6.07, 6.45) is 3.53. The molecule has 5 heteroatoms. The van der Waals surface area contributed by atoms with Crippen LogP contribution < -0.4 is 5.32 Å². The zero-order valence-corrected chi connectivity index (χ0v) is 13.2. The van der Waals surface area contributed by atoms with E-state index in [9.17, 15) is 8.42 Å². The summed E-state index contributed by atoms with van der Waals surface area (Å²) in [6, 6.07) is 7.57. The maximum Gasteiger partial charge on any atom is 0.181 e. The molecule has 3 rings (SSSR count). The fourth-order valence-corrected chi connectivity index (χ4v) is 5.18. The molecule has 0 aromatic heterocycles. The third-order valence-electron chi connectivity index (χ3n) is 4.68. The van der Waals surface area contributed by atoms with Crippen molar-refractivity contribution in [2.75, 3.05) is 32.7 Å². The van der Waals surface area contributed by atoms with Crippen LogP contribution in [0.15, 0.2) is 29.2 Å². The second-order valence-corrected chi connectivity index (χ2v) is 8.24. The lowest BCUT2D eigenvalue weighted by Crippen LogP contribution is -2.44. The van der Waals surface area contributed by atoms with Gasteiger partial charge in [0.15, 0.2) is 9.84 Å². The predicted octanol–water partition coefficient (Wildman–Crippen LogP) is 1.46. The standard InChI is InChI=1S/C16H24N2O2S/c19-21(20,15-5-3-6-15)16-7-2-1-4-14(16)8-11-18-12-9-17-10-13-18/h1-2,4,7,15,17H,3,5-6,8-13H2. The van der Waals surface area contributed by atoms with Crippen molar-refractivity contribution < 1.29 is 8.42 Å². The van der Waals surface area contributed by atoms with E-state index in [4.69, 9.17) is 0 Å². The molecule has 1 heterocycles. The fourth-order valence-electron chi connectivity index (χ4n) is 3.06. The van der Waals surface area contributed by atoms with Crippen molar-refractivity contribution in [3.8, 4) is 0 Å². The molecule has 1 aromatic carbocycles. The normalized spacial score (nSPS) is 21.1. The van der Waals surface area contributed by atoms with Gasteiger partial charge in [0.2, 0.25) is 0 Å². The lowest BCUT2D eigenvalue weighted by molar-refractivity contribution is 0.243. The van der Waals surface area contributed by atoms with Gasteiger partial charge in [0, 0.05) is 32.7 Å². The Kier molecular flexibility index (Phi) is 4.62. The van der Waals surface area contributed by atoms with Crippen LogP contribution >= 0.6 is 0 Å². The van der Waals surface area contributed by atoms with Crippen molar-refractivity contribution in [3.63, 3.8) is 0 Å². The highest BCUT2D eigenvalue weighted by atomic mass is 32.2. The number of hydrogen-bond acceptors (Lipinski definition) is 4. The van der Waals surface area contributed by atoms with Gasteiger partial charge >= 0.3 is 0 Å². The lowest BCUT2D eigenvalue weighted by atomic mass is 10.00. The first-order valence-corrected chi connectivity index (χ1v) is 9.47. The average molecular weight is 308 g/mol. The van der Waals surface area contributed by atoms with E-state index in [2.05, 4.69) is 10.2 Å². The zero-order valence-electron chi connectivity index (χ0n) is 12.4. The van der Waals surface area contributed by atoms with E-state index in [1.54, 1.807) is 6.07 Å². The summed E-state index contributed by atoms with van der Waals surface area (Å²) < 4.78 is 25.3. The second-order valence-electron chi connectivity index (χ2n) is 6.05. The Morgan fingerprint density at radius 3 is 2.52 bits per heavy atom. The van der Waals surface area contributed by atoms with Gasteiger partial charge in [-0.15, -0.1) is 0 Å². The summed E-state index contributed by atoms with van der Waals surface area (Å²) >= 11 is 0. The van der Waals surface area contributed by atoms with E-state index in [1.165, 1.54) is 0 Å². The molecule has 0 radical (unpaired) electrons. The van der Waals surface area contributed by atoms with Gasteiger partial charge in [-0.25, -0.2) is 8.42 Å². The van der Waals surface area contributed by atoms with E-state index in [0.29, 0.717) is 4.90 Å². The molecule has 1 saturated carbocycles. The zero-order chi connectivity index (χ0) is 14.7. The van der Waals surface area contributed by atoms with Crippen LogP contribution in [0.1, 0.15) is 24.8 Å². The van der Waals surface area contributed by atoms with Gasteiger partial charge in [-0.1, -0.05) is 24.6 Å². The molecular formula is C16H24N2O2S. The van der Waals surface area contributed by atoms with Crippen LogP contribution in [0.5, 0.6) is 0 Å². The molecule has 1 aromatic rings. The van der Waals surface area contributed by atoms with Crippen molar-refractivity contribution in [2.45, 2.75) is 35.8 Å². The first-order valence-electron chi connectivity index (χ1n) is 7.93. The summed E-state index contributed by atoms with van der Waals surface area (Å²) in [5.41, 5.74) is 0.989. The van der Waals surface area contributed by atoms with Crippen LogP contribution in [-0.2, 0) is 16.3 Å². The number of nitrogens with zero attached hydrogens (tertiary/aromatic N) is 1. The Labute approximate surface area is 127 Å². The van der Waals surface area contributed by atoms with E-state index < -0.39 is 9.84 Å². The van der Waals surface area contributed by atoms with Crippen molar-refractivity contribution in [1.82, 2.24) is 10.2 Å². The maximum absolute atomic E-state index is 12.7. The average Bonchev–Trinajstić information content (AvgIpc) is 2.44. The van der Waals surface area contributed by atoms with Gasteiger partial charge in [0.05, 0.1) is 10.1 Å². The van der Waals surface area contributed by atoms with Gasteiger partial charge in [-0.05, 0) is 30.9 Å². The smallest absolute Gasteiger partial charge is 0.181 e. The molecule has 21 heavy (non-hydrogen) atoms. The molecule has 1 N–H and O–H groups in total. The molecule has 2 fully saturated rings. The van der Waals surface area contributed by atoms with E-state index >= 15 is 0 Å². The van der Waals surface area contributed by atoms with E-state index in [1.807, 2.05) is 18.2 Å².